The standard InChI is InChI=1S/C27H28N4O3S/c1-17-4-2-5-20-25(17)29-24(30-27(20)28-19-7-8-21-22(14-19)34-16-33-21)15-31-11-9-18(10-12-31)26(32)23-6-3-13-35-23/h2-8,13-14,18,26,32H,9-12,15-16H2,1H3,(H,28,29,30)/t26-/m0/s1. The summed E-state index contributed by atoms with van der Waals surface area (Å²) in [5.74, 6) is 3.38. The maximum Gasteiger partial charge on any atom is 0.231 e. The van der Waals surface area contributed by atoms with Crippen molar-refractivity contribution >= 4 is 33.7 Å². The van der Waals surface area contributed by atoms with E-state index in [1.165, 1.54) is 0 Å². The summed E-state index contributed by atoms with van der Waals surface area (Å²) in [5.41, 5.74) is 2.98. The smallest absolute Gasteiger partial charge is 0.231 e. The number of piperidine rings is 1. The molecule has 0 spiro atoms. The third-order valence-corrected chi connectivity index (χ3v) is 7.83. The highest BCUT2D eigenvalue weighted by Crippen LogP contribution is 2.36. The summed E-state index contributed by atoms with van der Waals surface area (Å²) in [6.07, 6.45) is 1.57. The average Bonchev–Trinajstić information content (AvgIpc) is 3.57. The van der Waals surface area contributed by atoms with E-state index in [2.05, 4.69) is 29.3 Å². The highest BCUT2D eigenvalue weighted by molar-refractivity contribution is 7.10. The molecule has 4 heterocycles. The maximum absolute atomic E-state index is 10.7. The van der Waals surface area contributed by atoms with Gasteiger partial charge in [-0.1, -0.05) is 18.2 Å². The van der Waals surface area contributed by atoms with Gasteiger partial charge in [-0.2, -0.15) is 0 Å². The predicted octanol–water partition coefficient (Wildman–Crippen LogP) is 5.42. The molecule has 0 radical (unpaired) electrons. The number of nitrogens with one attached hydrogen (secondary N) is 1. The minimum Gasteiger partial charge on any atom is -0.454 e. The Morgan fingerprint density at radius 1 is 1.09 bits per heavy atom. The normalized spacial score (nSPS) is 17.1. The van der Waals surface area contributed by atoms with Gasteiger partial charge in [-0.3, -0.25) is 4.90 Å². The first-order chi connectivity index (χ1) is 17.1. The number of hydrogen-bond acceptors (Lipinski definition) is 8. The van der Waals surface area contributed by atoms with Gasteiger partial charge in [0.05, 0.1) is 18.2 Å². The minimum atomic E-state index is -0.366. The number of aromatic nitrogens is 2. The van der Waals surface area contributed by atoms with Crippen molar-refractivity contribution in [2.24, 2.45) is 5.92 Å². The van der Waals surface area contributed by atoms with Crippen LogP contribution in [0.2, 0.25) is 0 Å². The number of thiophene rings is 1. The van der Waals surface area contributed by atoms with Crippen molar-refractivity contribution in [2.75, 3.05) is 25.2 Å². The molecule has 1 saturated heterocycles. The number of rotatable bonds is 6. The molecular formula is C27H28N4O3S. The second kappa shape index (κ2) is 9.45. The quantitative estimate of drug-likeness (QED) is 0.375. The van der Waals surface area contributed by atoms with Crippen LogP contribution in [0, 0.1) is 12.8 Å². The molecule has 0 amide bonds. The topological polar surface area (TPSA) is 79.7 Å². The van der Waals surface area contributed by atoms with Crippen molar-refractivity contribution in [1.82, 2.24) is 14.9 Å². The number of aryl methyl sites for hydroxylation is 1. The van der Waals surface area contributed by atoms with Crippen LogP contribution in [0.3, 0.4) is 0 Å². The number of aliphatic hydroxyl groups is 1. The van der Waals surface area contributed by atoms with E-state index < -0.39 is 0 Å². The van der Waals surface area contributed by atoms with Gasteiger partial charge in [0.2, 0.25) is 6.79 Å². The van der Waals surface area contributed by atoms with Crippen LogP contribution in [0.4, 0.5) is 11.5 Å². The Morgan fingerprint density at radius 3 is 2.77 bits per heavy atom. The fraction of sp³-hybridized carbons (Fsp3) is 0.333. The Kier molecular flexibility index (Phi) is 6.01. The van der Waals surface area contributed by atoms with Gasteiger partial charge in [0.25, 0.3) is 0 Å². The second-order valence-corrected chi connectivity index (χ2v) is 10.2. The van der Waals surface area contributed by atoms with E-state index in [0.29, 0.717) is 12.5 Å². The molecule has 1 fully saturated rings. The lowest BCUT2D eigenvalue weighted by Crippen LogP contribution is -2.35. The average molecular weight is 489 g/mol. The van der Waals surface area contributed by atoms with Crippen molar-refractivity contribution in [3.05, 3.63) is 70.2 Å². The number of aliphatic hydroxyl groups excluding tert-OH is 1. The first-order valence-corrected chi connectivity index (χ1v) is 12.9. The molecule has 4 aromatic rings. The molecule has 2 N–H and O–H groups in total. The van der Waals surface area contributed by atoms with Crippen LogP contribution in [-0.2, 0) is 6.54 Å². The Bertz CT molecular complexity index is 1340. The number of ether oxygens (including phenoxy) is 2. The van der Waals surface area contributed by atoms with Crippen LogP contribution in [0.25, 0.3) is 10.9 Å². The second-order valence-electron chi connectivity index (χ2n) is 9.23. The molecule has 7 nitrogen and oxygen atoms in total. The van der Waals surface area contributed by atoms with Crippen molar-refractivity contribution in [1.29, 1.82) is 0 Å². The lowest BCUT2D eigenvalue weighted by Gasteiger charge is -2.33. The van der Waals surface area contributed by atoms with E-state index in [4.69, 9.17) is 19.4 Å². The number of fused-ring (bicyclic) bond motifs is 2. The summed E-state index contributed by atoms with van der Waals surface area (Å²) in [5, 5.41) is 17.2. The van der Waals surface area contributed by atoms with Gasteiger partial charge in [-0.15, -0.1) is 11.3 Å². The van der Waals surface area contributed by atoms with Crippen molar-refractivity contribution in [3.8, 4) is 11.5 Å². The molecule has 2 aromatic carbocycles. The summed E-state index contributed by atoms with van der Waals surface area (Å²) < 4.78 is 11.0. The van der Waals surface area contributed by atoms with Crippen LogP contribution in [0.15, 0.2) is 53.9 Å². The highest BCUT2D eigenvalue weighted by Gasteiger charge is 2.27. The molecule has 0 bridgehead atoms. The number of nitrogens with zero attached hydrogens (tertiary/aromatic N) is 3. The maximum atomic E-state index is 10.7. The highest BCUT2D eigenvalue weighted by atomic mass is 32.1. The third kappa shape index (κ3) is 4.57. The number of para-hydroxylation sites is 1. The van der Waals surface area contributed by atoms with Gasteiger partial charge in [0, 0.05) is 22.0 Å². The molecule has 8 heteroatoms. The van der Waals surface area contributed by atoms with Gasteiger partial charge in [0.15, 0.2) is 11.5 Å². The molecule has 2 aromatic heterocycles. The molecule has 2 aliphatic heterocycles. The van der Waals surface area contributed by atoms with Crippen LogP contribution >= 0.6 is 11.3 Å². The zero-order valence-corrected chi connectivity index (χ0v) is 20.4. The van der Waals surface area contributed by atoms with Gasteiger partial charge in [0.1, 0.15) is 11.6 Å². The van der Waals surface area contributed by atoms with Gasteiger partial charge < -0.3 is 19.9 Å². The zero-order valence-electron chi connectivity index (χ0n) is 19.6. The Labute approximate surface area is 208 Å². The third-order valence-electron chi connectivity index (χ3n) is 6.89. The first kappa shape index (κ1) is 22.3. The van der Waals surface area contributed by atoms with Crippen LogP contribution in [0.1, 0.15) is 35.2 Å². The van der Waals surface area contributed by atoms with Crippen molar-refractivity contribution in [3.63, 3.8) is 0 Å². The molecule has 2 aliphatic rings. The lowest BCUT2D eigenvalue weighted by atomic mass is 9.90. The summed E-state index contributed by atoms with van der Waals surface area (Å²) in [4.78, 5) is 13.3. The number of benzene rings is 2. The monoisotopic (exact) mass is 488 g/mol. The van der Waals surface area contributed by atoms with Crippen LogP contribution in [-0.4, -0.2) is 39.9 Å². The minimum absolute atomic E-state index is 0.250. The summed E-state index contributed by atoms with van der Waals surface area (Å²) >= 11 is 1.63. The van der Waals surface area contributed by atoms with E-state index in [-0.39, 0.29) is 12.9 Å². The fourth-order valence-corrected chi connectivity index (χ4v) is 5.74. The summed E-state index contributed by atoms with van der Waals surface area (Å²) in [6.45, 7) is 4.86. The number of hydrogen-bond donors (Lipinski definition) is 2. The van der Waals surface area contributed by atoms with Gasteiger partial charge >= 0.3 is 0 Å². The molecule has 1 atom stereocenters. The van der Waals surface area contributed by atoms with Crippen LogP contribution in [0.5, 0.6) is 11.5 Å². The Balaban J connectivity index is 1.21. The molecule has 0 saturated carbocycles. The van der Waals surface area contributed by atoms with E-state index in [1.807, 2.05) is 41.8 Å². The van der Waals surface area contributed by atoms with Gasteiger partial charge in [-0.05, 0) is 74.0 Å². The summed E-state index contributed by atoms with van der Waals surface area (Å²) in [6, 6.07) is 16.0. The molecule has 35 heavy (non-hydrogen) atoms. The van der Waals surface area contributed by atoms with Crippen molar-refractivity contribution in [2.45, 2.75) is 32.4 Å². The molecule has 0 aliphatic carbocycles. The van der Waals surface area contributed by atoms with Crippen LogP contribution < -0.4 is 14.8 Å². The largest absolute Gasteiger partial charge is 0.454 e. The summed E-state index contributed by atoms with van der Waals surface area (Å²) in [7, 11) is 0. The van der Waals surface area contributed by atoms with E-state index in [0.717, 1.165) is 76.1 Å². The molecule has 6 rings (SSSR count). The fourth-order valence-electron chi connectivity index (χ4n) is 4.94. The zero-order chi connectivity index (χ0) is 23.8. The van der Waals surface area contributed by atoms with Gasteiger partial charge in [-0.25, -0.2) is 9.97 Å². The van der Waals surface area contributed by atoms with E-state index >= 15 is 0 Å². The van der Waals surface area contributed by atoms with Crippen molar-refractivity contribution < 1.29 is 14.6 Å². The molecule has 0 unspecified atom stereocenters. The number of anilines is 2. The Morgan fingerprint density at radius 2 is 1.94 bits per heavy atom. The number of likely N-dealkylation sites (tertiary alicyclic amines) is 1. The lowest BCUT2D eigenvalue weighted by molar-refractivity contribution is 0.0584. The SMILES string of the molecule is Cc1cccc2c(Nc3ccc4c(c3)OCO4)nc(CN3CCC([C@H](O)c4cccs4)CC3)nc12. The molecular weight excluding hydrogens is 460 g/mol. The molecule has 180 valence electrons. The first-order valence-electron chi connectivity index (χ1n) is 12.0. The van der Waals surface area contributed by atoms with E-state index in [1.54, 1.807) is 11.3 Å². The Hall–Kier alpha value is -3.20. The van der Waals surface area contributed by atoms with E-state index in [9.17, 15) is 5.11 Å². The predicted molar refractivity (Wildman–Crippen MR) is 137 cm³/mol.